The summed E-state index contributed by atoms with van der Waals surface area (Å²) in [5, 5.41) is 9.77. The molecule has 0 unspecified atom stereocenters. The normalized spacial score (nSPS) is 10.6. The molecule has 2 aromatic rings. The highest BCUT2D eigenvalue weighted by atomic mass is 79.9. The van der Waals surface area contributed by atoms with Gasteiger partial charge in [0, 0.05) is 29.3 Å². The van der Waals surface area contributed by atoms with Crippen LogP contribution in [0.15, 0.2) is 22.7 Å². The van der Waals surface area contributed by atoms with Crippen molar-refractivity contribution in [2.45, 2.75) is 33.6 Å². The van der Waals surface area contributed by atoms with Gasteiger partial charge in [-0.05, 0) is 56.5 Å². The number of aryl methyl sites for hydroxylation is 3. The lowest BCUT2D eigenvalue weighted by molar-refractivity contribution is -0.124. The van der Waals surface area contributed by atoms with Crippen LogP contribution >= 0.6 is 15.9 Å². The van der Waals surface area contributed by atoms with Crippen molar-refractivity contribution >= 4 is 33.4 Å². The molecule has 0 aliphatic carbocycles. The van der Waals surface area contributed by atoms with Gasteiger partial charge in [-0.1, -0.05) is 15.9 Å². The van der Waals surface area contributed by atoms with Gasteiger partial charge in [0.25, 0.3) is 0 Å². The number of amides is 2. The number of anilines is 1. The number of hydrogen-bond donors (Lipinski definition) is 2. The molecule has 1 heterocycles. The van der Waals surface area contributed by atoms with E-state index in [1.807, 2.05) is 50.7 Å². The van der Waals surface area contributed by atoms with E-state index >= 15 is 0 Å². The molecule has 0 saturated heterocycles. The van der Waals surface area contributed by atoms with Crippen molar-refractivity contribution in [3.63, 3.8) is 0 Å². The molecule has 0 spiro atoms. The molecule has 7 heteroatoms. The summed E-state index contributed by atoms with van der Waals surface area (Å²) in [6.07, 6.45) is 0.947. The van der Waals surface area contributed by atoms with Gasteiger partial charge in [-0.25, -0.2) is 0 Å². The maximum absolute atomic E-state index is 12.0. The molecule has 1 aromatic heterocycles. The van der Waals surface area contributed by atoms with Crippen molar-refractivity contribution in [3.05, 3.63) is 45.2 Å². The fourth-order valence-electron chi connectivity index (χ4n) is 2.61. The summed E-state index contributed by atoms with van der Waals surface area (Å²) in [4.78, 5) is 23.9. The number of halogens is 1. The Bertz CT molecular complexity index is 799. The van der Waals surface area contributed by atoms with Gasteiger partial charge < -0.3 is 10.6 Å². The monoisotopic (exact) mass is 406 g/mol. The van der Waals surface area contributed by atoms with Gasteiger partial charge in [-0.15, -0.1) is 0 Å². The molecule has 0 aliphatic rings. The van der Waals surface area contributed by atoms with Crippen LogP contribution in [0.1, 0.15) is 28.9 Å². The van der Waals surface area contributed by atoms with Gasteiger partial charge in [-0.3, -0.25) is 14.3 Å². The minimum absolute atomic E-state index is 0.0427. The van der Waals surface area contributed by atoms with Crippen molar-refractivity contribution in [1.82, 2.24) is 15.1 Å². The van der Waals surface area contributed by atoms with Crippen LogP contribution < -0.4 is 10.6 Å². The highest BCUT2D eigenvalue weighted by Gasteiger charge is 2.12. The van der Waals surface area contributed by atoms with Crippen LogP contribution in [0.5, 0.6) is 0 Å². The smallest absolute Gasteiger partial charge is 0.243 e. The molecule has 2 rings (SSSR count). The summed E-state index contributed by atoms with van der Waals surface area (Å²) in [5.74, 6) is -0.395. The zero-order valence-corrected chi connectivity index (χ0v) is 16.5. The second kappa shape index (κ2) is 8.29. The Labute approximate surface area is 156 Å². The minimum Gasteiger partial charge on any atom is -0.347 e. The van der Waals surface area contributed by atoms with E-state index in [0.717, 1.165) is 27.0 Å². The van der Waals surface area contributed by atoms with Crippen LogP contribution in [0.4, 0.5) is 5.69 Å². The Morgan fingerprint density at radius 1 is 1.20 bits per heavy atom. The number of carbonyl (C=O) groups excluding carboxylic acids is 2. The topological polar surface area (TPSA) is 76.0 Å². The minimum atomic E-state index is -0.246. The number of nitrogens with one attached hydrogen (secondary N) is 2. The number of hydrogen-bond acceptors (Lipinski definition) is 3. The molecule has 0 saturated carbocycles. The lowest BCUT2D eigenvalue weighted by atomic mass is 10.1. The summed E-state index contributed by atoms with van der Waals surface area (Å²) in [7, 11) is 1.89. The Hall–Kier alpha value is -2.15. The Kier molecular flexibility index (Phi) is 6.36. The van der Waals surface area contributed by atoms with E-state index < -0.39 is 0 Å². The van der Waals surface area contributed by atoms with Gasteiger partial charge in [0.05, 0.1) is 12.2 Å². The lowest BCUT2D eigenvalue weighted by Crippen LogP contribution is -2.33. The lowest BCUT2D eigenvalue weighted by Gasteiger charge is -2.08. The van der Waals surface area contributed by atoms with E-state index in [0.29, 0.717) is 18.5 Å². The molecule has 2 amide bonds. The van der Waals surface area contributed by atoms with Gasteiger partial charge in [0.15, 0.2) is 0 Å². The largest absolute Gasteiger partial charge is 0.347 e. The predicted octanol–water partition coefficient (Wildman–Crippen LogP) is 2.80. The van der Waals surface area contributed by atoms with E-state index in [4.69, 9.17) is 0 Å². The fraction of sp³-hybridized carbons (Fsp3) is 0.389. The van der Waals surface area contributed by atoms with Crippen LogP contribution in [0, 0.1) is 20.8 Å². The molecule has 0 bridgehead atoms. The first-order valence-corrected chi connectivity index (χ1v) is 8.89. The first kappa shape index (κ1) is 19.2. The van der Waals surface area contributed by atoms with Gasteiger partial charge in [0.1, 0.15) is 0 Å². The standard InChI is InChI=1S/C18H23BrN4O2/c1-11-9-14(5-7-16(11)19)21-18(25)10-20-17(24)8-6-15-12(2)22-23(4)13(15)3/h5,7,9H,6,8,10H2,1-4H3,(H,20,24)(H,21,25). The Morgan fingerprint density at radius 2 is 1.92 bits per heavy atom. The van der Waals surface area contributed by atoms with E-state index in [1.54, 1.807) is 0 Å². The van der Waals surface area contributed by atoms with E-state index in [-0.39, 0.29) is 18.4 Å². The van der Waals surface area contributed by atoms with E-state index in [9.17, 15) is 9.59 Å². The fourth-order valence-corrected chi connectivity index (χ4v) is 2.86. The third-order valence-electron chi connectivity index (χ3n) is 4.15. The second-order valence-corrected chi connectivity index (χ2v) is 6.92. The third-order valence-corrected chi connectivity index (χ3v) is 5.04. The molecule has 25 heavy (non-hydrogen) atoms. The number of carbonyl (C=O) groups is 2. The van der Waals surface area contributed by atoms with Crippen LogP contribution in [-0.2, 0) is 23.1 Å². The van der Waals surface area contributed by atoms with Crippen molar-refractivity contribution in [2.24, 2.45) is 7.05 Å². The molecule has 1 aromatic carbocycles. The van der Waals surface area contributed by atoms with E-state index in [2.05, 4.69) is 31.7 Å². The van der Waals surface area contributed by atoms with Crippen molar-refractivity contribution in [3.8, 4) is 0 Å². The van der Waals surface area contributed by atoms with Gasteiger partial charge in [0.2, 0.25) is 11.8 Å². The number of benzene rings is 1. The first-order valence-electron chi connectivity index (χ1n) is 8.09. The van der Waals surface area contributed by atoms with Gasteiger partial charge in [-0.2, -0.15) is 5.10 Å². The SMILES string of the molecule is Cc1cc(NC(=O)CNC(=O)CCc2c(C)nn(C)c2C)ccc1Br. The highest BCUT2D eigenvalue weighted by molar-refractivity contribution is 9.10. The quantitative estimate of drug-likeness (QED) is 0.773. The Balaban J connectivity index is 1.79. The zero-order valence-electron chi connectivity index (χ0n) is 14.9. The van der Waals surface area contributed by atoms with Crippen molar-refractivity contribution < 1.29 is 9.59 Å². The number of aromatic nitrogens is 2. The average molecular weight is 407 g/mol. The average Bonchev–Trinajstić information content (AvgIpc) is 2.79. The molecule has 0 aliphatic heterocycles. The number of nitrogens with zero attached hydrogens (tertiary/aromatic N) is 2. The van der Waals surface area contributed by atoms with Crippen LogP contribution in [-0.4, -0.2) is 28.1 Å². The summed E-state index contributed by atoms with van der Waals surface area (Å²) in [5.41, 5.74) is 4.84. The number of rotatable bonds is 6. The molecular weight excluding hydrogens is 384 g/mol. The molecule has 2 N–H and O–H groups in total. The maximum atomic E-state index is 12.0. The predicted molar refractivity (Wildman–Crippen MR) is 102 cm³/mol. The molecule has 0 radical (unpaired) electrons. The maximum Gasteiger partial charge on any atom is 0.243 e. The molecule has 0 fully saturated rings. The molecule has 6 nitrogen and oxygen atoms in total. The third kappa shape index (κ3) is 5.16. The highest BCUT2D eigenvalue weighted by Crippen LogP contribution is 2.19. The summed E-state index contributed by atoms with van der Waals surface area (Å²) in [6.45, 7) is 5.83. The van der Waals surface area contributed by atoms with Gasteiger partial charge >= 0.3 is 0 Å². The van der Waals surface area contributed by atoms with Crippen LogP contribution in [0.25, 0.3) is 0 Å². The summed E-state index contributed by atoms with van der Waals surface area (Å²) >= 11 is 3.42. The molecule has 134 valence electrons. The van der Waals surface area contributed by atoms with Crippen molar-refractivity contribution in [2.75, 3.05) is 11.9 Å². The van der Waals surface area contributed by atoms with Crippen molar-refractivity contribution in [1.29, 1.82) is 0 Å². The molecule has 0 atom stereocenters. The van der Waals surface area contributed by atoms with E-state index in [1.165, 1.54) is 0 Å². The zero-order chi connectivity index (χ0) is 18.6. The Morgan fingerprint density at radius 3 is 2.52 bits per heavy atom. The van der Waals surface area contributed by atoms with Crippen LogP contribution in [0.3, 0.4) is 0 Å². The first-order chi connectivity index (χ1) is 11.8. The second-order valence-electron chi connectivity index (χ2n) is 6.06. The molecular formula is C18H23BrN4O2. The van der Waals surface area contributed by atoms with Crippen LogP contribution in [0.2, 0.25) is 0 Å². The summed E-state index contributed by atoms with van der Waals surface area (Å²) < 4.78 is 2.80. The summed E-state index contributed by atoms with van der Waals surface area (Å²) in [6, 6.07) is 5.56.